The molecule has 1 unspecified atom stereocenters. The van der Waals surface area contributed by atoms with E-state index in [4.69, 9.17) is 4.74 Å². The Morgan fingerprint density at radius 1 is 0.479 bits per heavy atom. The van der Waals surface area contributed by atoms with Crippen molar-refractivity contribution in [3.8, 4) is 5.75 Å². The summed E-state index contributed by atoms with van der Waals surface area (Å²) in [6.45, 7) is 43.2. The molecule has 0 aromatic heterocycles. The number of allylic oxidation sites excluding steroid dienone is 2. The van der Waals surface area contributed by atoms with Gasteiger partial charge in [0.25, 0.3) is 0 Å². The molecule has 384 valence electrons. The maximum absolute atomic E-state index is 14.6. The van der Waals surface area contributed by atoms with Crippen LogP contribution in [0, 0.1) is 32.5 Å². The third kappa shape index (κ3) is 10.1. The van der Waals surface area contributed by atoms with E-state index in [1.807, 2.05) is 30.4 Å². The summed E-state index contributed by atoms with van der Waals surface area (Å²) in [5, 5.41) is 48.7. The Hall–Kier alpha value is -5.44. The van der Waals surface area contributed by atoms with Crippen molar-refractivity contribution in [2.24, 2.45) is 32.5 Å². The van der Waals surface area contributed by atoms with Gasteiger partial charge in [0, 0.05) is 28.0 Å². The highest BCUT2D eigenvalue weighted by atomic mass is 16.5. The summed E-state index contributed by atoms with van der Waals surface area (Å²) in [6.07, 6.45) is 9.25. The van der Waals surface area contributed by atoms with Gasteiger partial charge in [-0.05, 0) is 113 Å². The lowest BCUT2D eigenvalue weighted by Crippen LogP contribution is -2.56. The summed E-state index contributed by atoms with van der Waals surface area (Å²) < 4.78 is 7.75. The molecule has 0 bridgehead atoms. The molecule has 0 heterocycles. The Morgan fingerprint density at radius 2 is 0.901 bits per heavy atom. The number of hydrogen-bond donors (Lipinski definition) is 4. The molecule has 0 saturated carbocycles. The molecule has 5 aromatic rings. The molecule has 0 amide bonds. The number of fused-ring (bicyclic) bond motifs is 2. The first-order valence-corrected chi connectivity index (χ1v) is 25.3. The fourth-order valence-electron chi connectivity index (χ4n) is 14.3. The van der Waals surface area contributed by atoms with Gasteiger partial charge in [0.1, 0.15) is 16.9 Å². The van der Waals surface area contributed by atoms with E-state index in [-0.39, 0.29) is 43.6 Å². The van der Waals surface area contributed by atoms with Crippen LogP contribution < -0.4 is 4.74 Å². The van der Waals surface area contributed by atoms with Gasteiger partial charge in [-0.3, -0.25) is 0 Å². The quantitative estimate of drug-likeness (QED) is 0.0628. The molecule has 9 nitrogen and oxygen atoms in total. The number of benzene rings is 5. The topological polar surface area (TPSA) is 158 Å². The monoisotopic (exact) mass is 971 g/mol. The largest absolute Gasteiger partial charge is 0.481 e. The van der Waals surface area contributed by atoms with Gasteiger partial charge in [-0.1, -0.05) is 181 Å². The van der Waals surface area contributed by atoms with Crippen molar-refractivity contribution in [2.45, 2.75) is 187 Å². The lowest BCUT2D eigenvalue weighted by atomic mass is 9.55. The van der Waals surface area contributed by atoms with Gasteiger partial charge in [-0.25, -0.2) is 19.2 Å². The predicted octanol–water partition coefficient (Wildman–Crippen LogP) is 16.9. The minimum Gasteiger partial charge on any atom is -0.481 e. The van der Waals surface area contributed by atoms with Crippen LogP contribution in [0.25, 0.3) is 43.1 Å². The molecule has 0 aliphatic heterocycles. The summed E-state index contributed by atoms with van der Waals surface area (Å²) in [6, 6.07) is 9.85. The van der Waals surface area contributed by atoms with E-state index in [0.717, 1.165) is 28.5 Å². The highest BCUT2D eigenvalue weighted by molar-refractivity contribution is 6.41. The van der Waals surface area contributed by atoms with Crippen molar-refractivity contribution in [3.05, 3.63) is 87.5 Å². The molecule has 6 rings (SSSR count). The van der Waals surface area contributed by atoms with Gasteiger partial charge in [0.05, 0.1) is 16.7 Å². The molecule has 71 heavy (non-hydrogen) atoms. The fourth-order valence-corrected chi connectivity index (χ4v) is 14.3. The standard InChI is InChI=1S/C62H82O9/c1-54(2,3)30-58(13,14)36-26-24-34-25-27-37(59(15,16)31-55(4,5)6)43-40(34)41(36)35-29-38(44(50(63)64)46-42(35)45(43)47(51(65)66)49(53(69)70)48(46)52(67)68)71-62(61(19,20)33-57(10,11)12)28-22-21-23-39(62)60(17,18)32-56(7,8)9/h21-27,29H,28,30-33H2,1-20H3,(H,63,64)(H,65,66)(H,67,68)(H,69,70). The van der Waals surface area contributed by atoms with Crippen LogP contribution in [-0.2, 0) is 10.8 Å². The maximum atomic E-state index is 14.6. The summed E-state index contributed by atoms with van der Waals surface area (Å²) >= 11 is 0. The van der Waals surface area contributed by atoms with Crippen LogP contribution in [0.2, 0.25) is 0 Å². The summed E-state index contributed by atoms with van der Waals surface area (Å²) in [4.78, 5) is 56.7. The van der Waals surface area contributed by atoms with E-state index in [1.54, 1.807) is 6.07 Å². The van der Waals surface area contributed by atoms with Crippen LogP contribution in [0.4, 0.5) is 0 Å². The third-order valence-electron chi connectivity index (χ3n) is 14.8. The lowest BCUT2D eigenvalue weighted by Gasteiger charge is -2.55. The zero-order chi connectivity index (χ0) is 53.9. The second kappa shape index (κ2) is 17.4. The molecular formula is C62H82O9. The van der Waals surface area contributed by atoms with Crippen LogP contribution in [0.15, 0.2) is 54.1 Å². The van der Waals surface area contributed by atoms with Crippen molar-refractivity contribution in [1.82, 2.24) is 0 Å². The SMILES string of the molecule is CC(C)(C)CC(C)(C)C1=CC=CCC1(Oc1cc2c3c(C(C)(C)CC(C)(C)C)ccc4ccc(C(C)(C)CC(C)(C)C)c(c5c(C(=O)O)c(C(=O)O)c(C(=O)O)c(c1C(=O)O)c25)c43)C(C)(C)CC(C)(C)C. The minimum atomic E-state index is -1.80. The van der Waals surface area contributed by atoms with Crippen molar-refractivity contribution < 1.29 is 44.3 Å². The normalized spacial score (nSPS) is 16.9. The fraction of sp³-hybridized carbons (Fsp3) is 0.548. The number of carboxylic acid groups (broad SMARTS) is 4. The van der Waals surface area contributed by atoms with Gasteiger partial charge < -0.3 is 25.2 Å². The average Bonchev–Trinajstić information content (AvgIpc) is 3.14. The summed E-state index contributed by atoms with van der Waals surface area (Å²) in [7, 11) is 0. The van der Waals surface area contributed by atoms with E-state index in [2.05, 4.69) is 151 Å². The molecule has 9 heteroatoms. The lowest BCUT2D eigenvalue weighted by molar-refractivity contribution is -0.0480. The van der Waals surface area contributed by atoms with Gasteiger partial charge in [0.2, 0.25) is 0 Å². The van der Waals surface area contributed by atoms with Crippen LogP contribution >= 0.6 is 0 Å². The van der Waals surface area contributed by atoms with Gasteiger partial charge >= 0.3 is 23.9 Å². The van der Waals surface area contributed by atoms with E-state index >= 15 is 0 Å². The zero-order valence-electron chi connectivity index (χ0n) is 46.5. The van der Waals surface area contributed by atoms with E-state index in [9.17, 15) is 39.6 Å². The molecule has 1 aliphatic rings. The average molecular weight is 971 g/mol. The molecule has 5 aromatic carbocycles. The van der Waals surface area contributed by atoms with Crippen LogP contribution in [0.3, 0.4) is 0 Å². The van der Waals surface area contributed by atoms with E-state index < -0.39 is 73.4 Å². The minimum absolute atomic E-state index is 0.00455. The van der Waals surface area contributed by atoms with Crippen molar-refractivity contribution in [3.63, 3.8) is 0 Å². The summed E-state index contributed by atoms with van der Waals surface area (Å²) in [5.74, 6) is -6.86. The van der Waals surface area contributed by atoms with Crippen LogP contribution in [-0.4, -0.2) is 49.9 Å². The van der Waals surface area contributed by atoms with Crippen molar-refractivity contribution >= 4 is 67.0 Å². The molecule has 1 atom stereocenters. The van der Waals surface area contributed by atoms with E-state index in [0.29, 0.717) is 47.2 Å². The maximum Gasteiger partial charge on any atom is 0.340 e. The second-order valence-electron chi connectivity index (χ2n) is 28.5. The second-order valence-corrected chi connectivity index (χ2v) is 28.5. The van der Waals surface area contributed by atoms with Crippen LogP contribution in [0.1, 0.15) is 223 Å². The third-order valence-corrected chi connectivity index (χ3v) is 14.8. The molecule has 0 saturated heterocycles. The Bertz CT molecular complexity index is 3060. The van der Waals surface area contributed by atoms with Crippen molar-refractivity contribution in [1.29, 1.82) is 0 Å². The van der Waals surface area contributed by atoms with Gasteiger partial charge in [-0.2, -0.15) is 0 Å². The highest BCUT2D eigenvalue weighted by Crippen LogP contribution is 2.59. The predicted molar refractivity (Wildman–Crippen MR) is 291 cm³/mol. The number of ether oxygens (including phenoxy) is 1. The number of hydrogen-bond acceptors (Lipinski definition) is 5. The zero-order valence-corrected chi connectivity index (χ0v) is 46.5. The summed E-state index contributed by atoms with van der Waals surface area (Å²) in [5.41, 5.74) is -4.95. The Morgan fingerprint density at radius 3 is 1.34 bits per heavy atom. The molecular weight excluding hydrogens is 889 g/mol. The Labute approximate surface area is 422 Å². The number of aromatic carboxylic acids is 4. The smallest absolute Gasteiger partial charge is 0.340 e. The van der Waals surface area contributed by atoms with Gasteiger partial charge in [-0.15, -0.1) is 0 Å². The van der Waals surface area contributed by atoms with Gasteiger partial charge in [0.15, 0.2) is 0 Å². The molecule has 0 spiro atoms. The molecule has 0 radical (unpaired) electrons. The number of carbonyl (C=O) groups is 4. The number of rotatable bonds is 14. The first kappa shape index (κ1) is 54.9. The molecule has 4 N–H and O–H groups in total. The first-order chi connectivity index (χ1) is 32.0. The van der Waals surface area contributed by atoms with Crippen molar-refractivity contribution in [2.75, 3.05) is 0 Å². The number of carboxylic acids is 4. The first-order valence-electron chi connectivity index (χ1n) is 25.3. The highest BCUT2D eigenvalue weighted by Gasteiger charge is 2.56. The molecule has 0 fully saturated rings. The Kier molecular flexibility index (Phi) is 13.4. The van der Waals surface area contributed by atoms with Crippen LogP contribution in [0.5, 0.6) is 5.75 Å². The molecule has 1 aliphatic carbocycles. The van der Waals surface area contributed by atoms with E-state index in [1.165, 1.54) is 0 Å². The Balaban J connectivity index is 2.07.